The van der Waals surface area contributed by atoms with Crippen LogP contribution in [-0.4, -0.2) is 25.6 Å². The van der Waals surface area contributed by atoms with E-state index in [1.165, 1.54) is 13.2 Å². The van der Waals surface area contributed by atoms with Crippen LogP contribution in [0.1, 0.15) is 43.9 Å². The Morgan fingerprint density at radius 1 is 1.10 bits per heavy atom. The minimum atomic E-state index is -1.06. The van der Waals surface area contributed by atoms with E-state index in [1.54, 1.807) is 24.3 Å². The first-order valence-corrected chi connectivity index (χ1v) is 9.87. The molecule has 1 N–H and O–H groups in total. The predicted molar refractivity (Wildman–Crippen MR) is 109 cm³/mol. The number of benzene rings is 2. The zero-order valence-corrected chi connectivity index (χ0v) is 17.4. The number of hydrogen-bond acceptors (Lipinski definition) is 4. The van der Waals surface area contributed by atoms with Gasteiger partial charge in [-0.1, -0.05) is 38.5 Å². The van der Waals surface area contributed by atoms with Crippen LogP contribution in [0.15, 0.2) is 42.5 Å². The summed E-state index contributed by atoms with van der Waals surface area (Å²) in [7, 11) is 1.22. The minimum Gasteiger partial charge on any atom is -0.493 e. The molecule has 1 amide bonds. The molecule has 0 aliphatic heterocycles. The first-order valence-electron chi connectivity index (χ1n) is 9.87. The van der Waals surface area contributed by atoms with Gasteiger partial charge in [-0.05, 0) is 41.7 Å². The molecular formula is C23H27F2NO4. The highest BCUT2D eigenvalue weighted by Crippen LogP contribution is 2.21. The molecule has 0 radical (unpaired) electrons. The summed E-state index contributed by atoms with van der Waals surface area (Å²) in [5, 5.41) is 2.55. The molecule has 2 atom stereocenters. The first-order chi connectivity index (χ1) is 14.3. The van der Waals surface area contributed by atoms with Crippen molar-refractivity contribution < 1.29 is 27.8 Å². The molecule has 0 aliphatic rings. The topological polar surface area (TPSA) is 64.6 Å². The van der Waals surface area contributed by atoms with E-state index in [9.17, 15) is 18.4 Å². The maximum Gasteiger partial charge on any atom is 0.333 e. The van der Waals surface area contributed by atoms with Crippen molar-refractivity contribution in [3.63, 3.8) is 0 Å². The first kappa shape index (κ1) is 23.3. The molecule has 1 unspecified atom stereocenters. The van der Waals surface area contributed by atoms with Crippen LogP contribution in [0, 0.1) is 17.6 Å². The summed E-state index contributed by atoms with van der Waals surface area (Å²) in [6, 6.07) is 8.69. The number of nitrogens with one attached hydrogen (secondary N) is 1. The van der Waals surface area contributed by atoms with Gasteiger partial charge in [0.1, 0.15) is 17.4 Å². The average Bonchev–Trinajstić information content (AvgIpc) is 2.73. The summed E-state index contributed by atoms with van der Waals surface area (Å²) in [6.07, 6.45) is 1.82. The molecule has 0 bridgehead atoms. The molecule has 2 rings (SSSR count). The fraction of sp³-hybridized carbons (Fsp3) is 0.391. The number of ether oxygens (including phenoxy) is 2. The van der Waals surface area contributed by atoms with Crippen molar-refractivity contribution in [1.29, 1.82) is 0 Å². The zero-order chi connectivity index (χ0) is 22.1. The van der Waals surface area contributed by atoms with Crippen molar-refractivity contribution in [3.8, 4) is 5.75 Å². The number of carbonyl (C=O) groups excluding carboxylic acids is 2. The highest BCUT2D eigenvalue weighted by atomic mass is 19.1. The number of amides is 1. The molecule has 7 heteroatoms. The summed E-state index contributed by atoms with van der Waals surface area (Å²) in [5.74, 6) is -1.71. The molecule has 2 aromatic rings. The summed E-state index contributed by atoms with van der Waals surface area (Å²) in [6.45, 7) is 4.83. The van der Waals surface area contributed by atoms with Crippen molar-refractivity contribution in [2.45, 2.75) is 39.2 Å². The van der Waals surface area contributed by atoms with Gasteiger partial charge in [0.25, 0.3) is 0 Å². The molecule has 2 aromatic carbocycles. The van der Waals surface area contributed by atoms with Crippen molar-refractivity contribution >= 4 is 11.9 Å². The third kappa shape index (κ3) is 6.83. The van der Waals surface area contributed by atoms with E-state index in [0.29, 0.717) is 29.9 Å². The van der Waals surface area contributed by atoms with E-state index in [2.05, 4.69) is 19.2 Å². The van der Waals surface area contributed by atoms with Crippen LogP contribution in [0.25, 0.3) is 0 Å². The maximum absolute atomic E-state index is 13.8. The number of hydrogen-bond donors (Lipinski definition) is 1. The van der Waals surface area contributed by atoms with Gasteiger partial charge in [0.15, 0.2) is 6.04 Å². The summed E-state index contributed by atoms with van der Waals surface area (Å²) in [4.78, 5) is 24.5. The van der Waals surface area contributed by atoms with Crippen LogP contribution in [0.5, 0.6) is 5.75 Å². The van der Waals surface area contributed by atoms with Crippen LogP contribution in [-0.2, 0) is 20.7 Å². The molecule has 0 saturated carbocycles. The lowest BCUT2D eigenvalue weighted by atomic mass is 10.1. The van der Waals surface area contributed by atoms with Gasteiger partial charge in [-0.25, -0.2) is 13.6 Å². The number of methoxy groups -OCH3 is 1. The normalized spacial score (nSPS) is 12.7. The smallest absolute Gasteiger partial charge is 0.333 e. The molecule has 30 heavy (non-hydrogen) atoms. The summed E-state index contributed by atoms with van der Waals surface area (Å²) >= 11 is 0. The van der Waals surface area contributed by atoms with Crippen LogP contribution >= 0.6 is 0 Å². The van der Waals surface area contributed by atoms with Crippen LogP contribution in [0.3, 0.4) is 0 Å². The molecule has 5 nitrogen and oxygen atoms in total. The summed E-state index contributed by atoms with van der Waals surface area (Å²) < 4.78 is 37.4. The molecule has 0 saturated heterocycles. The van der Waals surface area contributed by atoms with Gasteiger partial charge >= 0.3 is 5.97 Å². The Balaban J connectivity index is 2.06. The lowest BCUT2D eigenvalue weighted by molar-refractivity contribution is -0.145. The van der Waals surface area contributed by atoms with Gasteiger partial charge in [0.05, 0.1) is 20.1 Å². The largest absolute Gasteiger partial charge is 0.493 e. The third-order valence-electron chi connectivity index (χ3n) is 4.64. The predicted octanol–water partition coefficient (Wildman–Crippen LogP) is 4.35. The second-order valence-electron chi connectivity index (χ2n) is 7.21. The Hall–Kier alpha value is -2.96. The van der Waals surface area contributed by atoms with Crippen LogP contribution in [0.4, 0.5) is 8.78 Å². The Kier molecular flexibility index (Phi) is 8.77. The quantitative estimate of drug-likeness (QED) is 0.582. The van der Waals surface area contributed by atoms with E-state index in [1.807, 2.05) is 0 Å². The lowest BCUT2D eigenvalue weighted by Gasteiger charge is -2.18. The molecule has 162 valence electrons. The SMILES string of the molecule is CCCC(C)COc1ccc([C@@H](NC(=O)Cc2ccc(F)cc2F)C(=O)OC)cc1. The van der Waals surface area contributed by atoms with Gasteiger partial charge < -0.3 is 14.8 Å². The van der Waals surface area contributed by atoms with Crippen molar-refractivity contribution in [2.24, 2.45) is 5.92 Å². The monoisotopic (exact) mass is 419 g/mol. The fourth-order valence-electron chi connectivity index (χ4n) is 3.02. The Morgan fingerprint density at radius 2 is 1.80 bits per heavy atom. The van der Waals surface area contributed by atoms with Gasteiger partial charge in [0.2, 0.25) is 5.91 Å². The molecule has 0 heterocycles. The zero-order valence-electron chi connectivity index (χ0n) is 17.4. The van der Waals surface area contributed by atoms with E-state index in [4.69, 9.17) is 9.47 Å². The van der Waals surface area contributed by atoms with Crippen LogP contribution in [0.2, 0.25) is 0 Å². The Morgan fingerprint density at radius 3 is 2.40 bits per heavy atom. The number of halogens is 2. The number of rotatable bonds is 10. The summed E-state index contributed by atoms with van der Waals surface area (Å²) in [5.41, 5.74) is 0.534. The van der Waals surface area contributed by atoms with Gasteiger partial charge in [-0.2, -0.15) is 0 Å². The highest BCUT2D eigenvalue weighted by molar-refractivity contribution is 5.86. The molecule has 0 fully saturated rings. The Bertz CT molecular complexity index is 855. The fourth-order valence-corrected chi connectivity index (χ4v) is 3.02. The van der Waals surface area contributed by atoms with E-state index in [-0.39, 0.29) is 12.0 Å². The lowest BCUT2D eigenvalue weighted by Crippen LogP contribution is -2.35. The molecule has 0 spiro atoms. The Labute approximate surface area is 175 Å². The van der Waals surface area contributed by atoms with E-state index in [0.717, 1.165) is 18.9 Å². The molecule has 0 aliphatic carbocycles. The minimum absolute atomic E-state index is 0.0301. The second kappa shape index (κ2) is 11.3. The number of carbonyl (C=O) groups is 2. The van der Waals surface area contributed by atoms with Gasteiger partial charge in [0, 0.05) is 6.07 Å². The van der Waals surface area contributed by atoms with Crippen molar-refractivity contribution in [3.05, 3.63) is 65.2 Å². The third-order valence-corrected chi connectivity index (χ3v) is 4.64. The maximum atomic E-state index is 13.8. The van der Waals surface area contributed by atoms with Crippen LogP contribution < -0.4 is 10.1 Å². The van der Waals surface area contributed by atoms with E-state index < -0.39 is 29.6 Å². The van der Waals surface area contributed by atoms with Gasteiger partial charge in [-0.3, -0.25) is 4.79 Å². The van der Waals surface area contributed by atoms with Crippen molar-refractivity contribution in [1.82, 2.24) is 5.32 Å². The van der Waals surface area contributed by atoms with Crippen molar-refractivity contribution in [2.75, 3.05) is 13.7 Å². The van der Waals surface area contributed by atoms with E-state index >= 15 is 0 Å². The molecule has 0 aromatic heterocycles. The number of esters is 1. The second-order valence-corrected chi connectivity index (χ2v) is 7.21. The van der Waals surface area contributed by atoms with Gasteiger partial charge in [-0.15, -0.1) is 0 Å². The standard InChI is InChI=1S/C23H27F2NO4/c1-4-5-15(2)14-30-19-10-7-16(8-11-19)22(23(28)29-3)26-21(27)12-17-6-9-18(24)13-20(17)25/h6-11,13,15,22H,4-5,12,14H2,1-3H3,(H,26,27)/t15?,22-/m1/s1. The average molecular weight is 419 g/mol. The highest BCUT2D eigenvalue weighted by Gasteiger charge is 2.24. The molecular weight excluding hydrogens is 392 g/mol.